The van der Waals surface area contributed by atoms with Crippen molar-refractivity contribution in [1.29, 1.82) is 0 Å². The SMILES string of the molecule is C[C@@H]1OC(CO)[C@H](O)[C@H](O)C1O. The second-order valence-electron chi connectivity index (χ2n) is 3.03. The van der Waals surface area contributed by atoms with Gasteiger partial charge in [-0.15, -0.1) is 0 Å². The van der Waals surface area contributed by atoms with Crippen molar-refractivity contribution in [2.45, 2.75) is 37.4 Å². The summed E-state index contributed by atoms with van der Waals surface area (Å²) < 4.78 is 5.02. The van der Waals surface area contributed by atoms with Crippen molar-refractivity contribution >= 4 is 0 Å². The van der Waals surface area contributed by atoms with Crippen LogP contribution in [0, 0.1) is 0 Å². The number of aliphatic hydroxyl groups is 4. The molecule has 0 bridgehead atoms. The van der Waals surface area contributed by atoms with Crippen LogP contribution in [0.1, 0.15) is 6.92 Å². The van der Waals surface area contributed by atoms with Crippen LogP contribution < -0.4 is 0 Å². The molecule has 0 aromatic rings. The van der Waals surface area contributed by atoms with E-state index in [0.717, 1.165) is 0 Å². The molecule has 1 aliphatic heterocycles. The normalized spacial score (nSPS) is 49.2. The van der Waals surface area contributed by atoms with Crippen LogP contribution in [0.15, 0.2) is 0 Å². The maximum absolute atomic E-state index is 9.23. The van der Waals surface area contributed by atoms with E-state index in [1.807, 2.05) is 0 Å². The van der Waals surface area contributed by atoms with E-state index < -0.39 is 30.5 Å². The highest BCUT2D eigenvalue weighted by molar-refractivity contribution is 4.89. The monoisotopic (exact) mass is 178 g/mol. The summed E-state index contributed by atoms with van der Waals surface area (Å²) in [5, 5.41) is 36.4. The molecule has 12 heavy (non-hydrogen) atoms. The summed E-state index contributed by atoms with van der Waals surface area (Å²) in [6.07, 6.45) is -4.94. The van der Waals surface area contributed by atoms with Crippen LogP contribution in [-0.4, -0.2) is 57.6 Å². The van der Waals surface area contributed by atoms with E-state index in [1.165, 1.54) is 0 Å². The van der Waals surface area contributed by atoms with Gasteiger partial charge >= 0.3 is 0 Å². The van der Waals surface area contributed by atoms with Gasteiger partial charge < -0.3 is 25.2 Å². The van der Waals surface area contributed by atoms with Crippen molar-refractivity contribution in [1.82, 2.24) is 0 Å². The molecule has 72 valence electrons. The predicted molar refractivity (Wildman–Crippen MR) is 39.4 cm³/mol. The molecule has 0 spiro atoms. The molecule has 1 rings (SSSR count). The van der Waals surface area contributed by atoms with Crippen LogP contribution in [0.4, 0.5) is 0 Å². The molecule has 0 aromatic carbocycles. The maximum atomic E-state index is 9.23. The third-order valence-corrected chi connectivity index (χ3v) is 2.13. The number of ether oxygens (including phenoxy) is 1. The lowest BCUT2D eigenvalue weighted by molar-refractivity contribution is -0.224. The topological polar surface area (TPSA) is 90.2 Å². The average Bonchev–Trinajstić information content (AvgIpc) is 2.08. The number of hydrogen-bond donors (Lipinski definition) is 4. The van der Waals surface area contributed by atoms with Crippen LogP contribution in [0.5, 0.6) is 0 Å². The lowest BCUT2D eigenvalue weighted by atomic mass is 9.96. The van der Waals surface area contributed by atoms with Gasteiger partial charge in [-0.25, -0.2) is 0 Å². The molecule has 5 heteroatoms. The molecule has 0 aromatic heterocycles. The first-order valence-electron chi connectivity index (χ1n) is 3.88. The lowest BCUT2D eigenvalue weighted by Gasteiger charge is -2.38. The van der Waals surface area contributed by atoms with Crippen LogP contribution in [0.3, 0.4) is 0 Å². The number of aliphatic hydroxyl groups excluding tert-OH is 4. The molecule has 1 heterocycles. The smallest absolute Gasteiger partial charge is 0.111 e. The highest BCUT2D eigenvalue weighted by Crippen LogP contribution is 2.20. The van der Waals surface area contributed by atoms with Gasteiger partial charge in [-0.2, -0.15) is 0 Å². The molecule has 0 amide bonds. The Bertz CT molecular complexity index is 146. The summed E-state index contributed by atoms with van der Waals surface area (Å²) >= 11 is 0. The quantitative estimate of drug-likeness (QED) is 0.367. The molecular formula is C7H14O5. The van der Waals surface area contributed by atoms with Gasteiger partial charge in [-0.05, 0) is 6.92 Å². The molecule has 1 saturated heterocycles. The second-order valence-corrected chi connectivity index (χ2v) is 3.03. The van der Waals surface area contributed by atoms with Gasteiger partial charge in [0.15, 0.2) is 0 Å². The minimum absolute atomic E-state index is 0.366. The first-order chi connectivity index (χ1) is 5.57. The molecule has 5 atom stereocenters. The Morgan fingerprint density at radius 2 is 1.67 bits per heavy atom. The van der Waals surface area contributed by atoms with Crippen LogP contribution in [-0.2, 0) is 4.74 Å². The molecule has 0 saturated carbocycles. The zero-order valence-corrected chi connectivity index (χ0v) is 6.79. The zero-order valence-electron chi connectivity index (χ0n) is 6.79. The van der Waals surface area contributed by atoms with Gasteiger partial charge in [-0.1, -0.05) is 0 Å². The van der Waals surface area contributed by atoms with E-state index in [-0.39, 0.29) is 6.61 Å². The molecule has 0 radical (unpaired) electrons. The van der Waals surface area contributed by atoms with E-state index in [9.17, 15) is 15.3 Å². The van der Waals surface area contributed by atoms with Crippen LogP contribution in [0.25, 0.3) is 0 Å². The standard InChI is InChI=1S/C7H14O5/c1-3-5(9)7(11)6(10)4(2-8)12-3/h3-11H,2H2,1H3/t3-,4?,5?,6-,7+/m0/s1. The predicted octanol–water partition coefficient (Wildman–Crippen LogP) is -2.15. The van der Waals surface area contributed by atoms with Gasteiger partial charge in [0, 0.05) is 0 Å². The Hall–Kier alpha value is -0.200. The first kappa shape index (κ1) is 9.88. The Morgan fingerprint density at radius 1 is 1.08 bits per heavy atom. The molecule has 0 aliphatic carbocycles. The van der Waals surface area contributed by atoms with Crippen molar-refractivity contribution in [2.24, 2.45) is 0 Å². The second kappa shape index (κ2) is 3.68. The van der Waals surface area contributed by atoms with Gasteiger partial charge in [-0.3, -0.25) is 0 Å². The summed E-state index contributed by atoms with van der Waals surface area (Å²) in [5.74, 6) is 0. The molecule has 4 N–H and O–H groups in total. The van der Waals surface area contributed by atoms with Crippen molar-refractivity contribution < 1.29 is 25.2 Å². The fraction of sp³-hybridized carbons (Fsp3) is 1.00. The van der Waals surface area contributed by atoms with Crippen LogP contribution >= 0.6 is 0 Å². The third-order valence-electron chi connectivity index (χ3n) is 2.13. The Balaban J connectivity index is 2.63. The van der Waals surface area contributed by atoms with Gasteiger partial charge in [0.2, 0.25) is 0 Å². The highest BCUT2D eigenvalue weighted by Gasteiger charge is 2.41. The number of hydrogen-bond acceptors (Lipinski definition) is 5. The summed E-state index contributed by atoms with van der Waals surface area (Å²) in [6, 6.07) is 0. The molecular weight excluding hydrogens is 164 g/mol. The fourth-order valence-electron chi connectivity index (χ4n) is 1.29. The first-order valence-corrected chi connectivity index (χ1v) is 3.88. The Labute approximate surface area is 70.2 Å². The Kier molecular flexibility index (Phi) is 3.03. The molecule has 5 nitrogen and oxygen atoms in total. The van der Waals surface area contributed by atoms with E-state index >= 15 is 0 Å². The lowest BCUT2D eigenvalue weighted by Crippen LogP contribution is -2.57. The molecule has 1 aliphatic rings. The third kappa shape index (κ3) is 1.60. The largest absolute Gasteiger partial charge is 0.394 e. The van der Waals surface area contributed by atoms with Gasteiger partial charge in [0.05, 0.1) is 12.7 Å². The Morgan fingerprint density at radius 3 is 2.17 bits per heavy atom. The van der Waals surface area contributed by atoms with Crippen molar-refractivity contribution in [3.63, 3.8) is 0 Å². The fourth-order valence-corrected chi connectivity index (χ4v) is 1.29. The maximum Gasteiger partial charge on any atom is 0.111 e. The number of rotatable bonds is 1. The van der Waals surface area contributed by atoms with Crippen LogP contribution in [0.2, 0.25) is 0 Å². The average molecular weight is 178 g/mol. The van der Waals surface area contributed by atoms with Crippen molar-refractivity contribution in [2.75, 3.05) is 6.61 Å². The molecule has 2 unspecified atom stereocenters. The zero-order chi connectivity index (χ0) is 9.30. The van der Waals surface area contributed by atoms with Crippen molar-refractivity contribution in [3.05, 3.63) is 0 Å². The van der Waals surface area contributed by atoms with E-state index in [4.69, 9.17) is 9.84 Å². The van der Waals surface area contributed by atoms with Gasteiger partial charge in [0.25, 0.3) is 0 Å². The van der Waals surface area contributed by atoms with Crippen molar-refractivity contribution in [3.8, 4) is 0 Å². The van der Waals surface area contributed by atoms with E-state index in [1.54, 1.807) is 6.92 Å². The highest BCUT2D eigenvalue weighted by atomic mass is 16.5. The molecule has 1 fully saturated rings. The summed E-state index contributed by atoms with van der Waals surface area (Å²) in [4.78, 5) is 0. The van der Waals surface area contributed by atoms with Gasteiger partial charge in [0.1, 0.15) is 24.4 Å². The van der Waals surface area contributed by atoms with E-state index in [2.05, 4.69) is 0 Å². The minimum atomic E-state index is -1.24. The van der Waals surface area contributed by atoms with E-state index in [0.29, 0.717) is 0 Å². The summed E-state index contributed by atoms with van der Waals surface area (Å²) in [5.41, 5.74) is 0. The minimum Gasteiger partial charge on any atom is -0.394 e. The summed E-state index contributed by atoms with van der Waals surface area (Å²) in [7, 11) is 0. The summed E-state index contributed by atoms with van der Waals surface area (Å²) in [6.45, 7) is 1.21.